The van der Waals surface area contributed by atoms with Crippen LogP contribution in [0.3, 0.4) is 0 Å². The Hall–Kier alpha value is -1.27. The molecule has 0 spiro atoms. The molecular formula is C10H12ClF2NO3. The zero-order valence-corrected chi connectivity index (χ0v) is 9.80. The van der Waals surface area contributed by atoms with Crippen molar-refractivity contribution < 1.29 is 23.0 Å². The molecule has 4 nitrogen and oxygen atoms in total. The monoisotopic (exact) mass is 267 g/mol. The van der Waals surface area contributed by atoms with Crippen LogP contribution in [0.15, 0.2) is 12.1 Å². The molecule has 17 heavy (non-hydrogen) atoms. The van der Waals surface area contributed by atoms with Gasteiger partial charge < -0.3 is 19.9 Å². The summed E-state index contributed by atoms with van der Waals surface area (Å²) in [4.78, 5) is 0. The van der Waals surface area contributed by atoms with Crippen LogP contribution < -0.4 is 19.9 Å². The maximum atomic E-state index is 12.5. The molecule has 1 aliphatic heterocycles. The quantitative estimate of drug-likeness (QED) is 0.911. The van der Waals surface area contributed by atoms with Crippen LogP contribution in [-0.4, -0.2) is 20.3 Å². The molecule has 0 saturated carbocycles. The van der Waals surface area contributed by atoms with E-state index in [1.165, 1.54) is 19.2 Å². The van der Waals surface area contributed by atoms with Gasteiger partial charge in [-0.05, 0) is 17.7 Å². The Bertz CT molecular complexity index is 403. The lowest BCUT2D eigenvalue weighted by Gasteiger charge is -2.13. The molecule has 0 bridgehead atoms. The van der Waals surface area contributed by atoms with Gasteiger partial charge in [0.05, 0.1) is 13.2 Å². The predicted octanol–water partition coefficient (Wildman–Crippen LogP) is 2.11. The van der Waals surface area contributed by atoms with Crippen LogP contribution in [0.25, 0.3) is 0 Å². The number of hydrogen-bond acceptors (Lipinski definition) is 4. The fraction of sp³-hybridized carbons (Fsp3) is 0.400. The highest BCUT2D eigenvalue weighted by atomic mass is 35.5. The smallest absolute Gasteiger partial charge is 0.257 e. The number of alkyl halides is 2. The Morgan fingerprint density at radius 1 is 1.35 bits per heavy atom. The molecule has 1 heterocycles. The normalized spacial score (nSPS) is 14.4. The van der Waals surface area contributed by atoms with Crippen molar-refractivity contribution in [1.29, 1.82) is 0 Å². The highest BCUT2D eigenvalue weighted by Gasteiger charge is 2.25. The van der Waals surface area contributed by atoms with E-state index in [1.54, 1.807) is 0 Å². The van der Waals surface area contributed by atoms with Crippen molar-refractivity contribution in [1.82, 2.24) is 0 Å². The number of hydrogen-bond donors (Lipinski definition) is 1. The number of ether oxygens (including phenoxy) is 3. The fourth-order valence-electron chi connectivity index (χ4n) is 1.49. The first kappa shape index (κ1) is 13.8. The lowest BCUT2D eigenvalue weighted by molar-refractivity contribution is 0.116. The van der Waals surface area contributed by atoms with E-state index >= 15 is 0 Å². The molecule has 0 saturated heterocycles. The van der Waals surface area contributed by atoms with Crippen LogP contribution in [0.2, 0.25) is 0 Å². The van der Waals surface area contributed by atoms with Crippen molar-refractivity contribution in [2.45, 2.75) is 12.5 Å². The Balaban J connectivity index is 0.00000144. The Labute approximate surface area is 103 Å². The second kappa shape index (κ2) is 5.37. The molecule has 1 aromatic carbocycles. The SMILES string of the molecule is COc1cc([C@H](N)C(F)F)cc2c1OCO2.Cl. The van der Waals surface area contributed by atoms with Crippen molar-refractivity contribution in [2.24, 2.45) is 5.73 Å². The second-order valence-electron chi connectivity index (χ2n) is 3.32. The molecule has 1 aliphatic rings. The Morgan fingerprint density at radius 2 is 2.06 bits per heavy atom. The van der Waals surface area contributed by atoms with Crippen LogP contribution in [0, 0.1) is 0 Å². The summed E-state index contributed by atoms with van der Waals surface area (Å²) >= 11 is 0. The van der Waals surface area contributed by atoms with Crippen molar-refractivity contribution in [3.05, 3.63) is 17.7 Å². The van der Waals surface area contributed by atoms with Crippen LogP contribution in [0.4, 0.5) is 8.78 Å². The van der Waals surface area contributed by atoms with Gasteiger partial charge in [0.15, 0.2) is 11.5 Å². The van der Waals surface area contributed by atoms with Crippen molar-refractivity contribution in [2.75, 3.05) is 13.9 Å². The maximum Gasteiger partial charge on any atom is 0.257 e. The molecule has 0 radical (unpaired) electrons. The average Bonchev–Trinajstić information content (AvgIpc) is 2.74. The number of fused-ring (bicyclic) bond motifs is 1. The maximum absolute atomic E-state index is 12.5. The fourth-order valence-corrected chi connectivity index (χ4v) is 1.49. The highest BCUT2D eigenvalue weighted by molar-refractivity contribution is 5.85. The van der Waals surface area contributed by atoms with Crippen LogP contribution in [-0.2, 0) is 0 Å². The molecular weight excluding hydrogens is 256 g/mol. The number of methoxy groups -OCH3 is 1. The Morgan fingerprint density at radius 3 is 2.65 bits per heavy atom. The third-order valence-electron chi connectivity index (χ3n) is 2.34. The van der Waals surface area contributed by atoms with E-state index in [0.29, 0.717) is 17.2 Å². The Kier molecular flexibility index (Phi) is 4.36. The molecule has 0 fully saturated rings. The van der Waals surface area contributed by atoms with E-state index in [9.17, 15) is 8.78 Å². The molecule has 0 aromatic heterocycles. The summed E-state index contributed by atoms with van der Waals surface area (Å²) < 4.78 is 40.2. The summed E-state index contributed by atoms with van der Waals surface area (Å²) in [5.41, 5.74) is 5.61. The topological polar surface area (TPSA) is 53.7 Å². The summed E-state index contributed by atoms with van der Waals surface area (Å²) in [6.45, 7) is 0.0546. The third-order valence-corrected chi connectivity index (χ3v) is 2.34. The van der Waals surface area contributed by atoms with Crippen LogP contribution >= 0.6 is 12.4 Å². The van der Waals surface area contributed by atoms with Gasteiger partial charge in [-0.15, -0.1) is 12.4 Å². The summed E-state index contributed by atoms with van der Waals surface area (Å²) in [7, 11) is 1.43. The number of rotatable bonds is 3. The second-order valence-corrected chi connectivity index (χ2v) is 3.32. The third kappa shape index (κ3) is 2.53. The van der Waals surface area contributed by atoms with Gasteiger partial charge in [-0.25, -0.2) is 8.78 Å². The van der Waals surface area contributed by atoms with Crippen LogP contribution in [0.1, 0.15) is 11.6 Å². The van der Waals surface area contributed by atoms with Crippen molar-refractivity contribution in [3.63, 3.8) is 0 Å². The molecule has 96 valence electrons. The van der Waals surface area contributed by atoms with Gasteiger partial charge in [-0.3, -0.25) is 0 Å². The van der Waals surface area contributed by atoms with Gasteiger partial charge in [0, 0.05) is 0 Å². The minimum atomic E-state index is -2.63. The molecule has 2 N–H and O–H groups in total. The standard InChI is InChI=1S/C10H11F2NO3.ClH/c1-14-6-2-5(8(13)10(11)12)3-7-9(6)16-4-15-7;/h2-3,8,10H,4,13H2,1H3;1H/t8-;/m0./s1. The first-order chi connectivity index (χ1) is 7.63. The van der Waals surface area contributed by atoms with Gasteiger partial charge in [0.1, 0.15) is 0 Å². The minimum absolute atomic E-state index is 0. The van der Waals surface area contributed by atoms with Gasteiger partial charge >= 0.3 is 0 Å². The summed E-state index contributed by atoms with van der Waals surface area (Å²) in [5.74, 6) is 1.15. The van der Waals surface area contributed by atoms with Crippen molar-refractivity contribution >= 4 is 12.4 Å². The molecule has 2 rings (SSSR count). The van der Waals surface area contributed by atoms with E-state index in [1.807, 2.05) is 0 Å². The van der Waals surface area contributed by atoms with Gasteiger partial charge in [0.25, 0.3) is 6.43 Å². The first-order valence-corrected chi connectivity index (χ1v) is 4.64. The molecule has 0 amide bonds. The van der Waals surface area contributed by atoms with E-state index in [-0.39, 0.29) is 24.8 Å². The number of halogens is 3. The number of nitrogens with two attached hydrogens (primary N) is 1. The van der Waals surface area contributed by atoms with E-state index < -0.39 is 12.5 Å². The molecule has 0 unspecified atom stereocenters. The summed E-state index contributed by atoms with van der Waals surface area (Å²) in [5, 5.41) is 0. The van der Waals surface area contributed by atoms with Gasteiger partial charge in [-0.1, -0.05) is 0 Å². The molecule has 7 heteroatoms. The van der Waals surface area contributed by atoms with E-state index in [2.05, 4.69) is 0 Å². The lowest BCUT2D eigenvalue weighted by Crippen LogP contribution is -2.18. The molecule has 0 aliphatic carbocycles. The predicted molar refractivity (Wildman–Crippen MR) is 59.3 cm³/mol. The molecule has 1 atom stereocenters. The largest absolute Gasteiger partial charge is 0.493 e. The first-order valence-electron chi connectivity index (χ1n) is 4.64. The highest BCUT2D eigenvalue weighted by Crippen LogP contribution is 2.43. The zero-order chi connectivity index (χ0) is 11.7. The zero-order valence-electron chi connectivity index (χ0n) is 8.98. The van der Waals surface area contributed by atoms with Crippen LogP contribution in [0.5, 0.6) is 17.2 Å². The minimum Gasteiger partial charge on any atom is -0.493 e. The van der Waals surface area contributed by atoms with E-state index in [0.717, 1.165) is 0 Å². The van der Waals surface area contributed by atoms with E-state index in [4.69, 9.17) is 19.9 Å². The molecule has 1 aromatic rings. The van der Waals surface area contributed by atoms with Gasteiger partial charge in [-0.2, -0.15) is 0 Å². The number of benzene rings is 1. The van der Waals surface area contributed by atoms with Crippen molar-refractivity contribution in [3.8, 4) is 17.2 Å². The summed E-state index contributed by atoms with van der Waals surface area (Å²) in [6.07, 6.45) is -2.63. The van der Waals surface area contributed by atoms with Gasteiger partial charge in [0.2, 0.25) is 12.5 Å². The average molecular weight is 268 g/mol. The lowest BCUT2D eigenvalue weighted by atomic mass is 10.1. The summed E-state index contributed by atoms with van der Waals surface area (Å²) in [6, 6.07) is 1.52.